The Morgan fingerprint density at radius 1 is 0.811 bits per heavy atom. The maximum atomic E-state index is 11.4. The fourth-order valence-corrected chi connectivity index (χ4v) is 4.05. The Morgan fingerprint density at radius 3 is 1.89 bits per heavy atom. The quantitative estimate of drug-likeness (QED) is 0.108. The molecule has 0 radical (unpaired) electrons. The summed E-state index contributed by atoms with van der Waals surface area (Å²) in [5.74, 6) is -0.645. The van der Waals surface area contributed by atoms with Crippen molar-refractivity contribution < 1.29 is 79.9 Å². The van der Waals surface area contributed by atoms with E-state index in [2.05, 4.69) is 5.32 Å². The number of hydrogen-bond acceptors (Lipinski definition) is 16. The van der Waals surface area contributed by atoms with Crippen LogP contribution in [0.15, 0.2) is 0 Å². The lowest BCUT2D eigenvalue weighted by Gasteiger charge is -2.46. The SMILES string of the molecule is CC(=O)N[C@@H](CO)[C@@H](O)[C@H](O[C@@H]1O[C@H](CO)[C@H](O[C@@H]2O[C@H](CO)[C@H](O)[C@H](O)[C@H]2O)[C@H](O)[C@H]1O)[C@H](O)CO. The summed E-state index contributed by atoms with van der Waals surface area (Å²) in [6.45, 7) is -2.30. The maximum Gasteiger partial charge on any atom is 0.217 e. The molecule has 2 heterocycles. The van der Waals surface area contributed by atoms with Gasteiger partial charge in [-0.1, -0.05) is 0 Å². The Hall–Kier alpha value is -1.13. The highest BCUT2D eigenvalue weighted by Crippen LogP contribution is 2.30. The van der Waals surface area contributed by atoms with Gasteiger partial charge in [0.25, 0.3) is 0 Å². The highest BCUT2D eigenvalue weighted by atomic mass is 16.7. The van der Waals surface area contributed by atoms with Crippen LogP contribution in [0.25, 0.3) is 0 Å². The standard InChI is InChI=1S/C20H37NO16/c1-6(26)21-7(2-22)11(28)17(8(27)3-23)36-20-16(33)14(31)18(10(5-25)35-20)37-19-15(32)13(30)12(29)9(4-24)34-19/h7-20,22-25,27-33H,2-5H2,1H3,(H,21,26)/t7-,8+,9+,10+,11+,12-,13-,14+,15+,16+,17+,18-,19-,20-/m0/s1. The second-order valence-electron chi connectivity index (χ2n) is 8.84. The lowest BCUT2D eigenvalue weighted by molar-refractivity contribution is -0.367. The van der Waals surface area contributed by atoms with Crippen LogP contribution >= 0.6 is 0 Å². The zero-order valence-electron chi connectivity index (χ0n) is 19.9. The van der Waals surface area contributed by atoms with Gasteiger partial charge in [0.1, 0.15) is 67.1 Å². The molecule has 2 fully saturated rings. The first-order valence-corrected chi connectivity index (χ1v) is 11.5. The molecule has 0 aromatic rings. The molecule has 0 aromatic carbocycles. The summed E-state index contributed by atoms with van der Waals surface area (Å²) in [4.78, 5) is 11.4. The van der Waals surface area contributed by atoms with Gasteiger partial charge in [-0.25, -0.2) is 0 Å². The van der Waals surface area contributed by atoms with E-state index in [4.69, 9.17) is 18.9 Å². The first-order chi connectivity index (χ1) is 17.4. The van der Waals surface area contributed by atoms with Crippen molar-refractivity contribution >= 4 is 5.91 Å². The van der Waals surface area contributed by atoms with E-state index in [1.165, 1.54) is 0 Å². The van der Waals surface area contributed by atoms with Crippen LogP contribution in [0.1, 0.15) is 6.92 Å². The number of hydrogen-bond donors (Lipinski definition) is 12. The van der Waals surface area contributed by atoms with E-state index in [0.717, 1.165) is 6.92 Å². The molecule has 0 spiro atoms. The number of amides is 1. The smallest absolute Gasteiger partial charge is 0.217 e. The molecule has 1 amide bonds. The lowest BCUT2D eigenvalue weighted by Crippen LogP contribution is -2.65. The van der Waals surface area contributed by atoms with Crippen LogP contribution in [0.4, 0.5) is 0 Å². The van der Waals surface area contributed by atoms with Gasteiger partial charge in [-0.05, 0) is 0 Å². The fourth-order valence-electron chi connectivity index (χ4n) is 4.05. The van der Waals surface area contributed by atoms with Gasteiger partial charge in [-0.2, -0.15) is 0 Å². The average molecular weight is 548 g/mol. The van der Waals surface area contributed by atoms with Crippen molar-refractivity contribution in [3.63, 3.8) is 0 Å². The molecule has 0 unspecified atom stereocenters. The summed E-state index contributed by atoms with van der Waals surface area (Å²) in [7, 11) is 0. The molecule has 14 atom stereocenters. The number of carbonyl (C=O) groups is 1. The minimum atomic E-state index is -1.99. The molecular formula is C20H37NO16. The summed E-state index contributed by atoms with van der Waals surface area (Å²) in [5.41, 5.74) is 0. The van der Waals surface area contributed by atoms with Gasteiger partial charge in [0.2, 0.25) is 5.91 Å². The zero-order valence-corrected chi connectivity index (χ0v) is 19.9. The summed E-state index contributed by atoms with van der Waals surface area (Å²) >= 11 is 0. The molecule has 2 saturated heterocycles. The normalized spacial score (nSPS) is 40.0. The van der Waals surface area contributed by atoms with E-state index in [0.29, 0.717) is 0 Å². The van der Waals surface area contributed by atoms with Crippen molar-refractivity contribution in [2.75, 3.05) is 26.4 Å². The Kier molecular flexibility index (Phi) is 12.4. The van der Waals surface area contributed by atoms with E-state index in [-0.39, 0.29) is 0 Å². The molecule has 37 heavy (non-hydrogen) atoms. The van der Waals surface area contributed by atoms with E-state index in [1.54, 1.807) is 0 Å². The molecule has 17 heteroatoms. The summed E-state index contributed by atoms with van der Waals surface area (Å²) < 4.78 is 21.5. The minimum Gasteiger partial charge on any atom is -0.394 e. The van der Waals surface area contributed by atoms with Crippen LogP contribution in [-0.4, -0.2) is 174 Å². The van der Waals surface area contributed by atoms with Gasteiger partial charge in [-0.3, -0.25) is 4.79 Å². The van der Waals surface area contributed by atoms with Crippen LogP contribution in [-0.2, 0) is 23.7 Å². The Bertz CT molecular complexity index is 699. The largest absolute Gasteiger partial charge is 0.394 e. The third-order valence-electron chi connectivity index (χ3n) is 6.15. The molecule has 0 bridgehead atoms. The van der Waals surface area contributed by atoms with E-state index in [9.17, 15) is 61.0 Å². The molecule has 2 aliphatic heterocycles. The molecule has 17 nitrogen and oxygen atoms in total. The topological polar surface area (TPSA) is 289 Å². The van der Waals surface area contributed by atoms with Crippen molar-refractivity contribution in [2.45, 2.75) is 92.7 Å². The monoisotopic (exact) mass is 547 g/mol. The van der Waals surface area contributed by atoms with Crippen LogP contribution in [0.2, 0.25) is 0 Å². The zero-order chi connectivity index (χ0) is 28.0. The number of rotatable bonds is 12. The highest BCUT2D eigenvalue weighted by Gasteiger charge is 2.51. The Labute approximate surface area is 211 Å². The van der Waals surface area contributed by atoms with Gasteiger partial charge >= 0.3 is 0 Å². The predicted octanol–water partition coefficient (Wildman–Crippen LogP) is -7.79. The van der Waals surface area contributed by atoms with Gasteiger partial charge < -0.3 is 80.4 Å². The van der Waals surface area contributed by atoms with Crippen LogP contribution in [0.5, 0.6) is 0 Å². The molecule has 0 aliphatic carbocycles. The fraction of sp³-hybridized carbons (Fsp3) is 0.950. The minimum absolute atomic E-state index is 0.645. The number of aliphatic hydroxyl groups excluding tert-OH is 11. The van der Waals surface area contributed by atoms with Gasteiger partial charge in [0, 0.05) is 6.92 Å². The third-order valence-corrected chi connectivity index (χ3v) is 6.15. The van der Waals surface area contributed by atoms with Gasteiger partial charge in [0.05, 0.1) is 32.5 Å². The van der Waals surface area contributed by atoms with Crippen LogP contribution < -0.4 is 5.32 Å². The van der Waals surface area contributed by atoms with Gasteiger partial charge in [-0.15, -0.1) is 0 Å². The van der Waals surface area contributed by atoms with E-state index >= 15 is 0 Å². The predicted molar refractivity (Wildman–Crippen MR) is 115 cm³/mol. The van der Waals surface area contributed by atoms with Gasteiger partial charge in [0.15, 0.2) is 12.6 Å². The summed E-state index contributed by atoms with van der Waals surface area (Å²) in [6.07, 6.45) is -22.8. The molecule has 2 rings (SSSR count). The molecular weight excluding hydrogens is 510 g/mol. The highest BCUT2D eigenvalue weighted by molar-refractivity contribution is 5.73. The molecule has 0 aromatic heterocycles. The van der Waals surface area contributed by atoms with Crippen molar-refractivity contribution in [1.29, 1.82) is 0 Å². The summed E-state index contributed by atoms with van der Waals surface area (Å²) in [5, 5.41) is 112. The number of carbonyl (C=O) groups excluding carboxylic acids is 1. The number of ether oxygens (including phenoxy) is 4. The number of aliphatic hydroxyl groups is 11. The van der Waals surface area contributed by atoms with Crippen molar-refractivity contribution in [2.24, 2.45) is 0 Å². The maximum absolute atomic E-state index is 11.4. The van der Waals surface area contributed by atoms with E-state index in [1.807, 2.05) is 0 Å². The summed E-state index contributed by atoms with van der Waals surface area (Å²) in [6, 6.07) is -1.37. The second-order valence-corrected chi connectivity index (χ2v) is 8.84. The molecule has 0 saturated carbocycles. The Morgan fingerprint density at radius 2 is 1.38 bits per heavy atom. The molecule has 12 N–H and O–H groups in total. The second kappa shape index (κ2) is 14.3. The van der Waals surface area contributed by atoms with Crippen molar-refractivity contribution in [3.8, 4) is 0 Å². The van der Waals surface area contributed by atoms with Crippen LogP contribution in [0, 0.1) is 0 Å². The Balaban J connectivity index is 2.19. The molecule has 218 valence electrons. The van der Waals surface area contributed by atoms with E-state index < -0.39 is 118 Å². The third kappa shape index (κ3) is 7.50. The number of nitrogens with one attached hydrogen (secondary N) is 1. The first kappa shape index (κ1) is 32.1. The van der Waals surface area contributed by atoms with Crippen molar-refractivity contribution in [1.82, 2.24) is 5.32 Å². The molecule has 2 aliphatic rings. The van der Waals surface area contributed by atoms with Crippen LogP contribution in [0.3, 0.4) is 0 Å². The average Bonchev–Trinajstić information content (AvgIpc) is 2.88. The lowest BCUT2D eigenvalue weighted by atomic mass is 9.96. The first-order valence-electron chi connectivity index (χ1n) is 11.5. The van der Waals surface area contributed by atoms with Crippen molar-refractivity contribution in [3.05, 3.63) is 0 Å².